The van der Waals surface area contributed by atoms with Crippen molar-refractivity contribution in [1.29, 1.82) is 0 Å². The first-order valence-electron chi connectivity index (χ1n) is 4.68. The Morgan fingerprint density at radius 2 is 1.07 bits per heavy atom. The average Bonchev–Trinajstić information content (AvgIpc) is 2.25. The second-order valence-electron chi connectivity index (χ2n) is 2.24. The average molecular weight is 188 g/mol. The van der Waals surface area contributed by atoms with Crippen molar-refractivity contribution < 1.29 is 0 Å². The first kappa shape index (κ1) is 14.9. The van der Waals surface area contributed by atoms with Gasteiger partial charge in [0.15, 0.2) is 0 Å². The minimum Gasteiger partial charge on any atom is -0.0991 e. The Hall–Kier alpha value is -1.56. The fourth-order valence-corrected chi connectivity index (χ4v) is 0.582. The van der Waals surface area contributed by atoms with Gasteiger partial charge in [0.25, 0.3) is 0 Å². The van der Waals surface area contributed by atoms with Crippen molar-refractivity contribution >= 4 is 0 Å². The van der Waals surface area contributed by atoms with Crippen LogP contribution in [0.5, 0.6) is 0 Å². The summed E-state index contributed by atoms with van der Waals surface area (Å²) in [5.74, 6) is 0. The summed E-state index contributed by atoms with van der Waals surface area (Å²) in [7, 11) is 0. The van der Waals surface area contributed by atoms with Crippen LogP contribution in [0.25, 0.3) is 0 Å². The monoisotopic (exact) mass is 188 g/mol. The van der Waals surface area contributed by atoms with Crippen molar-refractivity contribution in [3.8, 4) is 0 Å². The lowest BCUT2D eigenvalue weighted by Crippen LogP contribution is -1.76. The van der Waals surface area contributed by atoms with Gasteiger partial charge in [-0.1, -0.05) is 76.6 Å². The zero-order valence-electron chi connectivity index (χ0n) is 9.29. The van der Waals surface area contributed by atoms with Crippen LogP contribution in [-0.4, -0.2) is 0 Å². The summed E-state index contributed by atoms with van der Waals surface area (Å²) in [4.78, 5) is 0. The molecule has 0 atom stereocenters. The van der Waals surface area contributed by atoms with Gasteiger partial charge < -0.3 is 0 Å². The maximum absolute atomic E-state index is 3.83. The van der Waals surface area contributed by atoms with Crippen molar-refractivity contribution in [1.82, 2.24) is 0 Å². The summed E-state index contributed by atoms with van der Waals surface area (Å²) in [6, 6.07) is 0. The molecule has 0 aromatic carbocycles. The summed E-state index contributed by atoms with van der Waals surface area (Å²) in [5.41, 5.74) is 1.76. The van der Waals surface area contributed by atoms with Gasteiger partial charge in [-0.3, -0.25) is 0 Å². The van der Waals surface area contributed by atoms with Crippen molar-refractivity contribution in [3.05, 3.63) is 73.9 Å². The van der Waals surface area contributed by atoms with Gasteiger partial charge >= 0.3 is 0 Å². The van der Waals surface area contributed by atoms with Gasteiger partial charge in [0.2, 0.25) is 0 Å². The van der Waals surface area contributed by atoms with Crippen molar-refractivity contribution in [2.75, 3.05) is 0 Å². The summed E-state index contributed by atoms with van der Waals surface area (Å²) in [5, 5.41) is 0. The molecule has 76 valence electrons. The predicted octanol–water partition coefficient (Wildman–Crippen LogP) is 4.61. The van der Waals surface area contributed by atoms with Crippen LogP contribution in [0, 0.1) is 0 Å². The molecular formula is C14H20. The van der Waals surface area contributed by atoms with E-state index in [1.807, 2.05) is 38.2 Å². The minimum absolute atomic E-state index is 0.882. The van der Waals surface area contributed by atoms with Crippen LogP contribution in [0.3, 0.4) is 0 Å². The number of rotatable bonds is 5. The summed E-state index contributed by atoms with van der Waals surface area (Å²) in [6.45, 7) is 18.8. The van der Waals surface area contributed by atoms with Gasteiger partial charge in [-0.25, -0.2) is 0 Å². The molecule has 0 fully saturated rings. The standard InChI is InChI=1S/C12H14.C2H6/c1-5-7-9-11(3)12(4)10-8-6-2;1-2/h5-10H,1-4H2;1-2H3/b9-7-,10-8-;. The Kier molecular flexibility index (Phi) is 12.2. The fourth-order valence-electron chi connectivity index (χ4n) is 0.582. The molecule has 0 nitrogen and oxygen atoms in total. The van der Waals surface area contributed by atoms with Gasteiger partial charge in [-0.05, 0) is 11.1 Å². The molecule has 14 heavy (non-hydrogen) atoms. The second-order valence-corrected chi connectivity index (χ2v) is 2.24. The van der Waals surface area contributed by atoms with E-state index in [1.54, 1.807) is 12.2 Å². The molecule has 0 aliphatic rings. The maximum atomic E-state index is 3.83. The molecule has 0 unspecified atom stereocenters. The lowest BCUT2D eigenvalue weighted by molar-refractivity contribution is 1.50. The Bertz CT molecular complexity index is 221. The smallest absolute Gasteiger partial charge is 0.0262 e. The molecule has 0 bridgehead atoms. The lowest BCUT2D eigenvalue weighted by atomic mass is 10.1. The summed E-state index contributed by atoms with van der Waals surface area (Å²) in [6.07, 6.45) is 10.8. The van der Waals surface area contributed by atoms with Gasteiger partial charge in [-0.15, -0.1) is 0 Å². The zero-order chi connectivity index (χ0) is 11.4. The van der Waals surface area contributed by atoms with Gasteiger partial charge in [-0.2, -0.15) is 0 Å². The first-order chi connectivity index (χ1) is 6.72. The molecular weight excluding hydrogens is 168 g/mol. The van der Waals surface area contributed by atoms with Crippen LogP contribution in [0.1, 0.15) is 13.8 Å². The molecule has 0 aliphatic heterocycles. The molecule has 0 N–H and O–H groups in total. The van der Waals surface area contributed by atoms with Gasteiger partial charge in [0.05, 0.1) is 0 Å². The summed E-state index contributed by atoms with van der Waals surface area (Å²) < 4.78 is 0. The lowest BCUT2D eigenvalue weighted by Gasteiger charge is -1.96. The topological polar surface area (TPSA) is 0 Å². The first-order valence-corrected chi connectivity index (χ1v) is 4.68. The largest absolute Gasteiger partial charge is 0.0991 e. The van der Waals surface area contributed by atoms with Crippen molar-refractivity contribution in [2.45, 2.75) is 13.8 Å². The normalized spacial score (nSPS) is 9.29. The van der Waals surface area contributed by atoms with Crippen LogP contribution in [0.4, 0.5) is 0 Å². The molecule has 0 aliphatic carbocycles. The van der Waals surface area contributed by atoms with Crippen molar-refractivity contribution in [3.63, 3.8) is 0 Å². The Labute approximate surface area is 88.4 Å². The van der Waals surface area contributed by atoms with E-state index in [0.29, 0.717) is 0 Å². The van der Waals surface area contributed by atoms with Gasteiger partial charge in [0.1, 0.15) is 0 Å². The number of hydrogen-bond donors (Lipinski definition) is 0. The molecule has 0 heterocycles. The molecule has 0 saturated heterocycles. The molecule has 0 rings (SSSR count). The van der Waals surface area contributed by atoms with E-state index in [1.165, 1.54) is 0 Å². The second kappa shape index (κ2) is 11.4. The Morgan fingerprint density at radius 3 is 1.29 bits per heavy atom. The predicted molar refractivity (Wildman–Crippen MR) is 68.3 cm³/mol. The van der Waals surface area contributed by atoms with E-state index in [2.05, 4.69) is 26.3 Å². The van der Waals surface area contributed by atoms with Crippen LogP contribution < -0.4 is 0 Å². The van der Waals surface area contributed by atoms with E-state index in [-0.39, 0.29) is 0 Å². The number of allylic oxidation sites excluding steroid dienone is 8. The van der Waals surface area contributed by atoms with Gasteiger partial charge in [0, 0.05) is 0 Å². The molecule has 0 aromatic rings. The van der Waals surface area contributed by atoms with E-state index in [0.717, 1.165) is 11.1 Å². The van der Waals surface area contributed by atoms with Crippen LogP contribution in [-0.2, 0) is 0 Å². The van der Waals surface area contributed by atoms with E-state index < -0.39 is 0 Å². The minimum atomic E-state index is 0.882. The summed E-state index contributed by atoms with van der Waals surface area (Å²) >= 11 is 0. The Morgan fingerprint density at radius 1 is 0.786 bits per heavy atom. The third-order valence-corrected chi connectivity index (χ3v) is 1.28. The quantitative estimate of drug-likeness (QED) is 0.553. The third-order valence-electron chi connectivity index (χ3n) is 1.28. The molecule has 0 aromatic heterocycles. The maximum Gasteiger partial charge on any atom is -0.0262 e. The molecule has 0 heteroatoms. The molecule has 0 saturated carbocycles. The highest BCUT2D eigenvalue weighted by atomic mass is 13.9. The van der Waals surface area contributed by atoms with Crippen molar-refractivity contribution in [2.24, 2.45) is 0 Å². The molecule has 0 amide bonds. The van der Waals surface area contributed by atoms with Crippen LogP contribution in [0.2, 0.25) is 0 Å². The number of hydrogen-bond acceptors (Lipinski definition) is 0. The highest BCUT2D eigenvalue weighted by Gasteiger charge is 1.88. The molecule has 0 radical (unpaired) electrons. The van der Waals surface area contributed by atoms with E-state index in [9.17, 15) is 0 Å². The third kappa shape index (κ3) is 8.54. The fraction of sp³-hybridized carbons (Fsp3) is 0.143. The van der Waals surface area contributed by atoms with Crippen LogP contribution in [0.15, 0.2) is 73.9 Å². The zero-order valence-corrected chi connectivity index (χ0v) is 9.29. The molecule has 0 spiro atoms. The van der Waals surface area contributed by atoms with Crippen LogP contribution >= 0.6 is 0 Å². The Balaban J connectivity index is 0. The highest BCUT2D eigenvalue weighted by Crippen LogP contribution is 2.07. The SMILES string of the molecule is C=C/C=C\C(=C)C(=C)/C=C\C=C.CC. The van der Waals surface area contributed by atoms with E-state index in [4.69, 9.17) is 0 Å². The highest BCUT2D eigenvalue weighted by molar-refractivity contribution is 5.43. The van der Waals surface area contributed by atoms with E-state index >= 15 is 0 Å².